The average molecular weight is 273 g/mol. The highest BCUT2D eigenvalue weighted by Gasteiger charge is 2.14. The van der Waals surface area contributed by atoms with E-state index in [1.165, 1.54) is 6.42 Å². The molecule has 18 heavy (non-hydrogen) atoms. The van der Waals surface area contributed by atoms with Crippen LogP contribution in [0, 0.1) is 5.92 Å². The van der Waals surface area contributed by atoms with Crippen LogP contribution in [0.1, 0.15) is 30.1 Å². The van der Waals surface area contributed by atoms with Crippen LogP contribution in [0.5, 0.6) is 0 Å². The third-order valence-corrected chi connectivity index (χ3v) is 3.22. The molecule has 0 spiro atoms. The molecule has 0 saturated carbocycles. The summed E-state index contributed by atoms with van der Waals surface area (Å²) in [5.41, 5.74) is 0.649. The minimum absolute atomic E-state index is 0. The van der Waals surface area contributed by atoms with E-state index >= 15 is 0 Å². The van der Waals surface area contributed by atoms with E-state index in [4.69, 9.17) is 0 Å². The molecule has 1 aliphatic heterocycles. The molecule has 0 aromatic carbocycles. The largest absolute Gasteiger partial charge is 0.352 e. The third kappa shape index (κ3) is 3.99. The molecule has 6 heteroatoms. The van der Waals surface area contributed by atoms with Gasteiger partial charge in [-0.15, -0.1) is 12.4 Å². The van der Waals surface area contributed by atoms with Gasteiger partial charge in [0.25, 0.3) is 5.91 Å². The number of aromatic nitrogens is 2. The van der Waals surface area contributed by atoms with Crippen molar-refractivity contribution in [2.24, 2.45) is 5.92 Å². The Hall–Kier alpha value is -1.07. The van der Waals surface area contributed by atoms with Crippen LogP contribution >= 0.6 is 12.4 Å². The number of amides is 1. The van der Waals surface area contributed by atoms with E-state index < -0.39 is 0 Å². The van der Waals surface area contributed by atoms with Crippen molar-refractivity contribution in [3.05, 3.63) is 18.0 Å². The lowest BCUT2D eigenvalue weighted by molar-refractivity contribution is 0.0951. The van der Waals surface area contributed by atoms with E-state index in [0.29, 0.717) is 11.5 Å². The van der Waals surface area contributed by atoms with Crippen molar-refractivity contribution >= 4 is 18.3 Å². The second-order valence-corrected chi connectivity index (χ2v) is 4.49. The molecule has 1 aliphatic rings. The molecule has 0 radical (unpaired) electrons. The molecule has 2 heterocycles. The number of carbonyl (C=O) groups excluding carboxylic acids is 1. The molecule has 1 fully saturated rings. The van der Waals surface area contributed by atoms with Crippen LogP contribution in [0.15, 0.2) is 12.4 Å². The summed E-state index contributed by atoms with van der Waals surface area (Å²) in [6.07, 6.45) is 5.69. The summed E-state index contributed by atoms with van der Waals surface area (Å²) in [6.45, 7) is 5.75. The summed E-state index contributed by atoms with van der Waals surface area (Å²) in [6, 6.07) is 0. The molecule has 0 bridgehead atoms. The minimum Gasteiger partial charge on any atom is -0.352 e. The number of hydrogen-bond acceptors (Lipinski definition) is 3. The fourth-order valence-electron chi connectivity index (χ4n) is 2.11. The number of aryl methyl sites for hydroxylation is 1. The summed E-state index contributed by atoms with van der Waals surface area (Å²) in [5, 5.41) is 10.4. The van der Waals surface area contributed by atoms with Crippen LogP contribution in [0.3, 0.4) is 0 Å². The first-order valence-corrected chi connectivity index (χ1v) is 6.31. The van der Waals surface area contributed by atoms with Gasteiger partial charge in [0.05, 0.1) is 11.8 Å². The first-order chi connectivity index (χ1) is 8.29. The molecule has 2 rings (SSSR count). The fraction of sp³-hybridized carbons (Fsp3) is 0.667. The maximum Gasteiger partial charge on any atom is 0.254 e. The maximum absolute atomic E-state index is 11.8. The Morgan fingerprint density at radius 3 is 3.11 bits per heavy atom. The van der Waals surface area contributed by atoms with Gasteiger partial charge in [-0.25, -0.2) is 0 Å². The predicted octanol–water partition coefficient (Wildman–Crippen LogP) is 1.05. The van der Waals surface area contributed by atoms with Crippen LogP contribution in [-0.4, -0.2) is 35.3 Å². The van der Waals surface area contributed by atoms with E-state index in [1.807, 2.05) is 6.92 Å². The zero-order valence-electron chi connectivity index (χ0n) is 10.7. The first-order valence-electron chi connectivity index (χ1n) is 6.31. The molecule has 1 saturated heterocycles. The van der Waals surface area contributed by atoms with Gasteiger partial charge in [0.15, 0.2) is 0 Å². The lowest BCUT2D eigenvalue weighted by atomic mass is 10.1. The second kappa shape index (κ2) is 7.38. The van der Waals surface area contributed by atoms with Crippen molar-refractivity contribution in [3.8, 4) is 0 Å². The minimum atomic E-state index is -0.0179. The number of carbonyl (C=O) groups is 1. The molecule has 0 aliphatic carbocycles. The van der Waals surface area contributed by atoms with Crippen LogP contribution in [0.25, 0.3) is 0 Å². The van der Waals surface area contributed by atoms with Crippen LogP contribution in [0.4, 0.5) is 0 Å². The zero-order valence-corrected chi connectivity index (χ0v) is 11.5. The molecule has 1 aromatic heterocycles. The highest BCUT2D eigenvalue weighted by atomic mass is 35.5. The summed E-state index contributed by atoms with van der Waals surface area (Å²) < 4.78 is 1.76. The second-order valence-electron chi connectivity index (χ2n) is 4.49. The van der Waals surface area contributed by atoms with Crippen molar-refractivity contribution in [2.75, 3.05) is 19.6 Å². The maximum atomic E-state index is 11.8. The quantitative estimate of drug-likeness (QED) is 0.843. The molecule has 5 nitrogen and oxygen atoms in total. The third-order valence-electron chi connectivity index (χ3n) is 3.22. The molecule has 1 unspecified atom stereocenters. The summed E-state index contributed by atoms with van der Waals surface area (Å²) in [4.78, 5) is 11.8. The standard InChI is InChI=1S/C12H20N4O.ClH/c1-2-16-9-11(8-15-16)12(17)14-6-4-10-3-5-13-7-10;/h8-10,13H,2-7H2,1H3,(H,14,17);1H. The first kappa shape index (κ1) is 15.0. The Balaban J connectivity index is 0.00000162. The van der Waals surface area contributed by atoms with Crippen molar-refractivity contribution in [3.63, 3.8) is 0 Å². The van der Waals surface area contributed by atoms with E-state index in [2.05, 4.69) is 15.7 Å². The topological polar surface area (TPSA) is 59.0 Å². The number of halogens is 1. The SMILES string of the molecule is CCn1cc(C(=O)NCCC2CCNC2)cn1.Cl. The Labute approximate surface area is 114 Å². The van der Waals surface area contributed by atoms with Gasteiger partial charge in [-0.3, -0.25) is 9.48 Å². The van der Waals surface area contributed by atoms with Crippen LogP contribution in [-0.2, 0) is 6.54 Å². The van der Waals surface area contributed by atoms with E-state index in [9.17, 15) is 4.79 Å². The highest BCUT2D eigenvalue weighted by Crippen LogP contribution is 2.10. The molecule has 1 aromatic rings. The van der Waals surface area contributed by atoms with Gasteiger partial charge in [0.2, 0.25) is 0 Å². The fourth-order valence-corrected chi connectivity index (χ4v) is 2.11. The van der Waals surface area contributed by atoms with Crippen molar-refractivity contribution in [1.29, 1.82) is 0 Å². The highest BCUT2D eigenvalue weighted by molar-refractivity contribution is 5.93. The lowest BCUT2D eigenvalue weighted by Crippen LogP contribution is -2.26. The van der Waals surface area contributed by atoms with Gasteiger partial charge in [0.1, 0.15) is 0 Å². The van der Waals surface area contributed by atoms with Gasteiger partial charge < -0.3 is 10.6 Å². The van der Waals surface area contributed by atoms with Gasteiger partial charge in [-0.2, -0.15) is 5.10 Å². The molecular formula is C12H21ClN4O. The van der Waals surface area contributed by atoms with Gasteiger partial charge in [-0.05, 0) is 38.8 Å². The summed E-state index contributed by atoms with van der Waals surface area (Å²) in [5.74, 6) is 0.698. The lowest BCUT2D eigenvalue weighted by Gasteiger charge is -2.08. The van der Waals surface area contributed by atoms with Crippen molar-refractivity contribution < 1.29 is 4.79 Å². The van der Waals surface area contributed by atoms with Crippen LogP contribution < -0.4 is 10.6 Å². The van der Waals surface area contributed by atoms with Crippen LogP contribution in [0.2, 0.25) is 0 Å². The molecular weight excluding hydrogens is 252 g/mol. The van der Waals surface area contributed by atoms with Gasteiger partial charge >= 0.3 is 0 Å². The van der Waals surface area contributed by atoms with Gasteiger partial charge in [0, 0.05) is 19.3 Å². The number of hydrogen-bond donors (Lipinski definition) is 2. The Morgan fingerprint density at radius 2 is 2.50 bits per heavy atom. The molecule has 102 valence electrons. The Morgan fingerprint density at radius 1 is 1.67 bits per heavy atom. The number of nitrogens with zero attached hydrogens (tertiary/aromatic N) is 2. The Bertz CT molecular complexity index is 374. The molecule has 1 atom stereocenters. The van der Waals surface area contributed by atoms with Crippen molar-refractivity contribution in [1.82, 2.24) is 20.4 Å². The Kier molecular flexibility index (Phi) is 6.15. The normalized spacial score (nSPS) is 18.4. The molecule has 2 N–H and O–H groups in total. The van der Waals surface area contributed by atoms with E-state index in [0.717, 1.165) is 32.6 Å². The molecule has 1 amide bonds. The van der Waals surface area contributed by atoms with E-state index in [1.54, 1.807) is 17.1 Å². The summed E-state index contributed by atoms with van der Waals surface area (Å²) >= 11 is 0. The zero-order chi connectivity index (χ0) is 12.1. The van der Waals surface area contributed by atoms with E-state index in [-0.39, 0.29) is 18.3 Å². The monoisotopic (exact) mass is 272 g/mol. The number of rotatable bonds is 5. The average Bonchev–Trinajstić information content (AvgIpc) is 2.99. The smallest absolute Gasteiger partial charge is 0.254 e. The summed E-state index contributed by atoms with van der Waals surface area (Å²) in [7, 11) is 0. The van der Waals surface area contributed by atoms with Gasteiger partial charge in [-0.1, -0.05) is 0 Å². The van der Waals surface area contributed by atoms with Crippen molar-refractivity contribution in [2.45, 2.75) is 26.3 Å². The predicted molar refractivity (Wildman–Crippen MR) is 73.1 cm³/mol. The number of nitrogens with one attached hydrogen (secondary N) is 2.